The van der Waals surface area contributed by atoms with Gasteiger partial charge in [0.1, 0.15) is 13.2 Å². The highest BCUT2D eigenvalue weighted by Gasteiger charge is 2.20. The van der Waals surface area contributed by atoms with Crippen LogP contribution in [0, 0.1) is 15.5 Å². The van der Waals surface area contributed by atoms with Crippen LogP contribution in [0.25, 0.3) is 11.3 Å². The smallest absolute Gasteiger partial charge is 0.407 e. The molecule has 0 aliphatic heterocycles. The SMILES string of the molecule is CCC(=O)c1cc(-c2cnc(NC(C)C)c(=O)n2CC(=O)NCc2ccc(C=N)cc2)cc([N+](=O)[O-])c1.CNC(=O)OCc1ccccc1. The summed E-state index contributed by atoms with van der Waals surface area (Å²) in [5.41, 5.74) is 2.16. The summed E-state index contributed by atoms with van der Waals surface area (Å²) in [6.45, 7) is 5.46. The second-order valence-corrected chi connectivity index (χ2v) is 11.0. The lowest BCUT2D eigenvalue weighted by atomic mass is 10.0. The predicted molar refractivity (Wildman–Crippen MR) is 186 cm³/mol. The summed E-state index contributed by atoms with van der Waals surface area (Å²) in [6, 6.07) is 20.4. The lowest BCUT2D eigenvalue weighted by molar-refractivity contribution is -0.384. The number of non-ortho nitro benzene ring substituents is 1. The largest absolute Gasteiger partial charge is 0.445 e. The van der Waals surface area contributed by atoms with Crippen molar-refractivity contribution in [2.75, 3.05) is 12.4 Å². The molecular formula is C35H39N7O7. The minimum atomic E-state index is -0.614. The molecule has 4 N–H and O–H groups in total. The van der Waals surface area contributed by atoms with Crippen LogP contribution in [0.15, 0.2) is 83.8 Å². The van der Waals surface area contributed by atoms with Crippen molar-refractivity contribution in [1.82, 2.24) is 20.2 Å². The summed E-state index contributed by atoms with van der Waals surface area (Å²) in [7, 11) is 1.54. The van der Waals surface area contributed by atoms with Crippen LogP contribution < -0.4 is 21.5 Å². The summed E-state index contributed by atoms with van der Waals surface area (Å²) in [4.78, 5) is 64.3. The van der Waals surface area contributed by atoms with Crippen molar-refractivity contribution in [3.05, 3.63) is 122 Å². The van der Waals surface area contributed by atoms with Gasteiger partial charge in [0, 0.05) is 55.5 Å². The van der Waals surface area contributed by atoms with E-state index in [0.717, 1.165) is 16.7 Å². The molecule has 14 nitrogen and oxygen atoms in total. The summed E-state index contributed by atoms with van der Waals surface area (Å²) >= 11 is 0. The van der Waals surface area contributed by atoms with Gasteiger partial charge in [-0.2, -0.15) is 0 Å². The molecule has 256 valence electrons. The van der Waals surface area contributed by atoms with E-state index in [0.29, 0.717) is 6.61 Å². The Balaban J connectivity index is 0.000000456. The van der Waals surface area contributed by atoms with Crippen LogP contribution in [-0.2, 0) is 29.2 Å². The molecule has 1 heterocycles. The number of carbonyl (C=O) groups excluding carboxylic acids is 3. The van der Waals surface area contributed by atoms with Crippen LogP contribution in [0.5, 0.6) is 0 Å². The van der Waals surface area contributed by atoms with E-state index in [2.05, 4.69) is 20.9 Å². The van der Waals surface area contributed by atoms with Crippen molar-refractivity contribution in [2.24, 2.45) is 0 Å². The third-order valence-corrected chi connectivity index (χ3v) is 6.90. The summed E-state index contributed by atoms with van der Waals surface area (Å²) < 4.78 is 6.01. The molecule has 0 saturated carbocycles. The number of Topliss-reactive ketones (excluding diaryl/α,β-unsaturated/α-hetero) is 1. The lowest BCUT2D eigenvalue weighted by Crippen LogP contribution is -2.35. The maximum Gasteiger partial charge on any atom is 0.407 e. The Hall–Kier alpha value is -6.18. The zero-order valence-corrected chi connectivity index (χ0v) is 27.7. The average Bonchev–Trinajstić information content (AvgIpc) is 3.11. The molecule has 0 aliphatic carbocycles. The molecule has 3 aromatic carbocycles. The molecular weight excluding hydrogens is 630 g/mol. The van der Waals surface area contributed by atoms with Crippen molar-refractivity contribution >= 4 is 35.5 Å². The van der Waals surface area contributed by atoms with Crippen molar-refractivity contribution in [2.45, 2.75) is 52.9 Å². The van der Waals surface area contributed by atoms with E-state index < -0.39 is 22.5 Å². The normalized spacial score (nSPS) is 10.3. The van der Waals surface area contributed by atoms with Crippen molar-refractivity contribution < 1.29 is 24.0 Å². The van der Waals surface area contributed by atoms with E-state index in [-0.39, 0.29) is 59.7 Å². The summed E-state index contributed by atoms with van der Waals surface area (Å²) in [5.74, 6) is -0.725. The molecule has 4 aromatic rings. The number of carbonyl (C=O) groups is 3. The Morgan fingerprint density at radius 1 is 1.04 bits per heavy atom. The Bertz CT molecular complexity index is 1840. The maximum absolute atomic E-state index is 13.3. The first-order chi connectivity index (χ1) is 23.4. The number of ether oxygens (including phenoxy) is 1. The van der Waals surface area contributed by atoms with E-state index >= 15 is 0 Å². The van der Waals surface area contributed by atoms with E-state index in [1.54, 1.807) is 31.2 Å². The predicted octanol–water partition coefficient (Wildman–Crippen LogP) is 5.09. The van der Waals surface area contributed by atoms with E-state index in [1.807, 2.05) is 44.2 Å². The lowest BCUT2D eigenvalue weighted by Gasteiger charge is -2.16. The third-order valence-electron chi connectivity index (χ3n) is 6.90. The molecule has 0 atom stereocenters. The van der Waals surface area contributed by atoms with Gasteiger partial charge in [-0.05, 0) is 36.6 Å². The third kappa shape index (κ3) is 11.2. The number of ketones is 1. The van der Waals surface area contributed by atoms with Crippen molar-refractivity contribution in [1.29, 1.82) is 5.41 Å². The van der Waals surface area contributed by atoms with Crippen molar-refractivity contribution in [3.8, 4) is 11.3 Å². The fourth-order valence-electron chi connectivity index (χ4n) is 4.40. The number of nitro groups is 1. The number of aromatic nitrogens is 2. The number of hydrogen-bond acceptors (Lipinski definition) is 10. The van der Waals surface area contributed by atoms with Gasteiger partial charge in [-0.3, -0.25) is 29.1 Å². The van der Waals surface area contributed by atoms with E-state index in [1.165, 1.54) is 42.2 Å². The van der Waals surface area contributed by atoms with E-state index in [9.17, 15) is 29.3 Å². The number of nitrogens with one attached hydrogen (secondary N) is 4. The highest BCUT2D eigenvalue weighted by atomic mass is 16.6. The molecule has 1 aromatic heterocycles. The van der Waals surface area contributed by atoms with Gasteiger partial charge in [-0.25, -0.2) is 9.78 Å². The molecule has 2 amide bonds. The number of nitro benzene ring substituents is 1. The summed E-state index contributed by atoms with van der Waals surface area (Å²) in [6.07, 6.45) is 2.32. The maximum atomic E-state index is 13.3. The minimum absolute atomic E-state index is 0.0315. The van der Waals surface area contributed by atoms with Gasteiger partial charge >= 0.3 is 6.09 Å². The zero-order chi connectivity index (χ0) is 35.9. The number of benzene rings is 3. The number of alkyl carbamates (subject to hydrolysis) is 1. The zero-order valence-electron chi connectivity index (χ0n) is 27.7. The standard InChI is InChI=1S/C26H28N6O5.C9H11NO2/c1-4-23(33)20-9-19(10-21(11-20)32(36)37)22-14-29-25(30-16(2)3)26(35)31(22)15-24(34)28-13-18-7-5-17(12-27)6-8-18;1-10-9(11)12-7-8-5-3-2-4-6-8/h5-12,14,16,27H,4,13,15H2,1-3H3,(H,28,34)(H,29,30);2-6H,7H2,1H3,(H,10,11). The summed E-state index contributed by atoms with van der Waals surface area (Å²) in [5, 5.41) is 26.9. The Morgan fingerprint density at radius 2 is 1.73 bits per heavy atom. The van der Waals surface area contributed by atoms with Crippen LogP contribution >= 0.6 is 0 Å². The fraction of sp³-hybridized carbons (Fsp3) is 0.257. The number of hydrogen-bond donors (Lipinski definition) is 4. The quantitative estimate of drug-likeness (QED) is 0.0648. The molecule has 14 heteroatoms. The van der Waals surface area contributed by atoms with Gasteiger partial charge in [-0.1, -0.05) is 61.5 Å². The van der Waals surface area contributed by atoms with Gasteiger partial charge in [0.15, 0.2) is 11.6 Å². The van der Waals surface area contributed by atoms with E-state index in [4.69, 9.17) is 10.1 Å². The Morgan fingerprint density at radius 3 is 2.33 bits per heavy atom. The number of nitrogens with zero attached hydrogens (tertiary/aromatic N) is 3. The first-order valence-corrected chi connectivity index (χ1v) is 15.4. The number of anilines is 1. The minimum Gasteiger partial charge on any atom is -0.445 e. The van der Waals surface area contributed by atoms with Crippen LogP contribution in [0.1, 0.15) is 54.2 Å². The second-order valence-electron chi connectivity index (χ2n) is 11.0. The molecule has 0 fully saturated rings. The molecule has 0 bridgehead atoms. The molecule has 0 saturated heterocycles. The molecule has 0 aliphatic rings. The topological polar surface area (TPSA) is 198 Å². The van der Waals surface area contributed by atoms with Gasteiger partial charge in [0.25, 0.3) is 11.2 Å². The monoisotopic (exact) mass is 669 g/mol. The second kappa shape index (κ2) is 18.2. The molecule has 0 radical (unpaired) electrons. The average molecular weight is 670 g/mol. The molecule has 4 rings (SSSR count). The molecule has 0 spiro atoms. The highest BCUT2D eigenvalue weighted by Crippen LogP contribution is 2.26. The Kier molecular flexibility index (Phi) is 13.9. The molecule has 49 heavy (non-hydrogen) atoms. The molecule has 0 unspecified atom stereocenters. The first-order valence-electron chi connectivity index (χ1n) is 15.4. The van der Waals surface area contributed by atoms with Gasteiger partial charge in [0.05, 0.1) is 16.8 Å². The van der Waals surface area contributed by atoms with Gasteiger partial charge in [-0.15, -0.1) is 0 Å². The fourth-order valence-corrected chi connectivity index (χ4v) is 4.40. The van der Waals surface area contributed by atoms with Crippen molar-refractivity contribution in [3.63, 3.8) is 0 Å². The van der Waals surface area contributed by atoms with Crippen LogP contribution in [0.4, 0.5) is 16.3 Å². The number of amides is 2. The Labute approximate surface area is 283 Å². The van der Waals surface area contributed by atoms with Crippen LogP contribution in [0.2, 0.25) is 0 Å². The first kappa shape index (κ1) is 37.3. The van der Waals surface area contributed by atoms with Gasteiger partial charge < -0.3 is 26.1 Å². The van der Waals surface area contributed by atoms with Crippen LogP contribution in [-0.4, -0.2) is 51.6 Å². The number of rotatable bonds is 13. The highest BCUT2D eigenvalue weighted by molar-refractivity contribution is 5.97. The van der Waals surface area contributed by atoms with Gasteiger partial charge in [0.2, 0.25) is 5.91 Å². The van der Waals surface area contributed by atoms with Crippen LogP contribution in [0.3, 0.4) is 0 Å².